The van der Waals surface area contributed by atoms with Crippen molar-refractivity contribution in [3.8, 4) is 0 Å². The van der Waals surface area contributed by atoms with Gasteiger partial charge in [0.1, 0.15) is 0 Å². The second-order valence-electron chi connectivity index (χ2n) is 4.89. The Bertz CT molecular complexity index is 594. The first-order chi connectivity index (χ1) is 8.99. The number of aromatic amines is 1. The normalized spacial score (nSPS) is 10.5. The van der Waals surface area contributed by atoms with Crippen molar-refractivity contribution < 1.29 is 4.79 Å². The number of H-pyrrole nitrogens is 1. The van der Waals surface area contributed by atoms with Crippen molar-refractivity contribution >= 4 is 5.91 Å². The lowest BCUT2D eigenvalue weighted by molar-refractivity contribution is 0.0951. The third kappa shape index (κ3) is 2.84. The van der Waals surface area contributed by atoms with Gasteiger partial charge in [0.05, 0.1) is 5.69 Å². The number of hydrogen-bond donors (Lipinski definition) is 2. The van der Waals surface area contributed by atoms with Crippen LogP contribution in [0.1, 0.15) is 38.4 Å². The van der Waals surface area contributed by atoms with E-state index in [2.05, 4.69) is 15.5 Å². The standard InChI is InChI=1S/C15H19N3O/c1-9-5-6-13(7-10(9)2)15(19)16-8-14-11(3)17-18-12(14)4/h5-7H,8H2,1-4H3,(H,16,19)(H,17,18). The Morgan fingerprint density at radius 1 is 1.21 bits per heavy atom. The van der Waals surface area contributed by atoms with Crippen LogP contribution in [-0.4, -0.2) is 16.1 Å². The van der Waals surface area contributed by atoms with E-state index >= 15 is 0 Å². The van der Waals surface area contributed by atoms with E-state index in [1.54, 1.807) is 0 Å². The van der Waals surface area contributed by atoms with Crippen molar-refractivity contribution in [3.63, 3.8) is 0 Å². The molecule has 0 atom stereocenters. The first-order valence-electron chi connectivity index (χ1n) is 6.35. The van der Waals surface area contributed by atoms with Crippen molar-refractivity contribution in [3.05, 3.63) is 51.8 Å². The lowest BCUT2D eigenvalue weighted by atomic mass is 10.1. The van der Waals surface area contributed by atoms with Crippen LogP contribution in [0.3, 0.4) is 0 Å². The molecule has 4 nitrogen and oxygen atoms in total. The van der Waals surface area contributed by atoms with Gasteiger partial charge in [-0.1, -0.05) is 6.07 Å². The number of aryl methyl sites for hydroxylation is 4. The van der Waals surface area contributed by atoms with Crippen molar-refractivity contribution in [2.45, 2.75) is 34.2 Å². The molecule has 4 heteroatoms. The Morgan fingerprint density at radius 3 is 2.53 bits per heavy atom. The maximum absolute atomic E-state index is 12.1. The van der Waals surface area contributed by atoms with E-state index in [9.17, 15) is 4.79 Å². The molecule has 0 aliphatic carbocycles. The van der Waals surface area contributed by atoms with Gasteiger partial charge in [0.15, 0.2) is 0 Å². The molecular weight excluding hydrogens is 238 g/mol. The maximum atomic E-state index is 12.1. The minimum Gasteiger partial charge on any atom is -0.348 e. The molecule has 0 radical (unpaired) electrons. The number of aromatic nitrogens is 2. The van der Waals surface area contributed by atoms with Gasteiger partial charge >= 0.3 is 0 Å². The summed E-state index contributed by atoms with van der Waals surface area (Å²) >= 11 is 0. The first-order valence-corrected chi connectivity index (χ1v) is 6.35. The highest BCUT2D eigenvalue weighted by Crippen LogP contribution is 2.11. The van der Waals surface area contributed by atoms with Crippen molar-refractivity contribution in [2.75, 3.05) is 0 Å². The van der Waals surface area contributed by atoms with E-state index in [4.69, 9.17) is 0 Å². The van der Waals surface area contributed by atoms with Crippen LogP contribution in [0.2, 0.25) is 0 Å². The molecule has 0 saturated heterocycles. The Balaban J connectivity index is 2.07. The predicted molar refractivity (Wildman–Crippen MR) is 75.1 cm³/mol. The minimum atomic E-state index is -0.0527. The summed E-state index contributed by atoms with van der Waals surface area (Å²) in [6.07, 6.45) is 0. The van der Waals surface area contributed by atoms with Gasteiger partial charge in [0.2, 0.25) is 0 Å². The van der Waals surface area contributed by atoms with E-state index < -0.39 is 0 Å². The highest BCUT2D eigenvalue weighted by molar-refractivity contribution is 5.94. The summed E-state index contributed by atoms with van der Waals surface area (Å²) in [6, 6.07) is 5.74. The number of carbonyl (C=O) groups excluding carboxylic acids is 1. The Labute approximate surface area is 113 Å². The molecule has 2 aromatic rings. The average molecular weight is 257 g/mol. The molecule has 2 rings (SSSR count). The molecule has 0 bridgehead atoms. The van der Waals surface area contributed by atoms with Crippen LogP contribution < -0.4 is 5.32 Å². The van der Waals surface area contributed by atoms with Gasteiger partial charge in [-0.05, 0) is 51.0 Å². The summed E-state index contributed by atoms with van der Waals surface area (Å²) in [4.78, 5) is 12.1. The van der Waals surface area contributed by atoms with Crippen LogP contribution in [0.5, 0.6) is 0 Å². The quantitative estimate of drug-likeness (QED) is 0.888. The number of carbonyl (C=O) groups is 1. The average Bonchev–Trinajstić information content (AvgIpc) is 2.69. The SMILES string of the molecule is Cc1ccc(C(=O)NCc2c(C)n[nH]c2C)cc1C. The van der Waals surface area contributed by atoms with Gasteiger partial charge in [-0.2, -0.15) is 5.10 Å². The lowest BCUT2D eigenvalue weighted by Gasteiger charge is -2.07. The fourth-order valence-electron chi connectivity index (χ4n) is 1.99. The molecule has 1 amide bonds. The molecule has 0 aliphatic rings. The number of benzene rings is 1. The molecule has 0 spiro atoms. The Kier molecular flexibility index (Phi) is 3.69. The fraction of sp³-hybridized carbons (Fsp3) is 0.333. The number of rotatable bonds is 3. The summed E-state index contributed by atoms with van der Waals surface area (Å²) in [5.74, 6) is -0.0527. The number of nitrogens with zero attached hydrogens (tertiary/aromatic N) is 1. The monoisotopic (exact) mass is 257 g/mol. The predicted octanol–water partition coefficient (Wildman–Crippen LogP) is 2.57. The van der Waals surface area contributed by atoms with E-state index in [1.807, 2.05) is 45.9 Å². The van der Waals surface area contributed by atoms with Crippen LogP contribution in [0.4, 0.5) is 0 Å². The van der Waals surface area contributed by atoms with Gasteiger partial charge in [-0.3, -0.25) is 9.89 Å². The summed E-state index contributed by atoms with van der Waals surface area (Å²) in [5.41, 5.74) is 6.00. The van der Waals surface area contributed by atoms with Gasteiger partial charge < -0.3 is 5.32 Å². The van der Waals surface area contributed by atoms with Crippen LogP contribution >= 0.6 is 0 Å². The van der Waals surface area contributed by atoms with Gasteiger partial charge in [-0.25, -0.2) is 0 Å². The number of nitrogens with one attached hydrogen (secondary N) is 2. The largest absolute Gasteiger partial charge is 0.348 e. The lowest BCUT2D eigenvalue weighted by Crippen LogP contribution is -2.23. The molecule has 0 aliphatic heterocycles. The summed E-state index contributed by atoms with van der Waals surface area (Å²) in [5, 5.41) is 9.96. The summed E-state index contributed by atoms with van der Waals surface area (Å²) in [7, 11) is 0. The van der Waals surface area contributed by atoms with Crippen LogP contribution in [-0.2, 0) is 6.54 Å². The Morgan fingerprint density at radius 2 is 1.95 bits per heavy atom. The van der Waals surface area contributed by atoms with Crippen molar-refractivity contribution in [1.82, 2.24) is 15.5 Å². The smallest absolute Gasteiger partial charge is 0.251 e. The molecule has 2 N–H and O–H groups in total. The highest BCUT2D eigenvalue weighted by atomic mass is 16.1. The zero-order valence-electron chi connectivity index (χ0n) is 11.8. The Hall–Kier alpha value is -2.10. The molecular formula is C15H19N3O. The fourth-order valence-corrected chi connectivity index (χ4v) is 1.99. The van der Waals surface area contributed by atoms with Crippen LogP contribution in [0, 0.1) is 27.7 Å². The van der Waals surface area contributed by atoms with E-state index in [-0.39, 0.29) is 5.91 Å². The van der Waals surface area contributed by atoms with Gasteiger partial charge in [0.25, 0.3) is 5.91 Å². The molecule has 19 heavy (non-hydrogen) atoms. The zero-order valence-corrected chi connectivity index (χ0v) is 11.8. The highest BCUT2D eigenvalue weighted by Gasteiger charge is 2.10. The molecule has 0 saturated carbocycles. The topological polar surface area (TPSA) is 57.8 Å². The molecule has 100 valence electrons. The molecule has 1 aromatic heterocycles. The summed E-state index contributed by atoms with van der Waals surface area (Å²) < 4.78 is 0. The molecule has 1 heterocycles. The van der Waals surface area contributed by atoms with Crippen molar-refractivity contribution in [1.29, 1.82) is 0 Å². The third-order valence-corrected chi connectivity index (χ3v) is 3.48. The van der Waals surface area contributed by atoms with Gasteiger partial charge in [-0.15, -0.1) is 0 Å². The molecule has 0 fully saturated rings. The molecule has 1 aromatic carbocycles. The van der Waals surface area contributed by atoms with Crippen molar-refractivity contribution in [2.24, 2.45) is 0 Å². The zero-order chi connectivity index (χ0) is 14.0. The molecule has 0 unspecified atom stereocenters. The second-order valence-corrected chi connectivity index (χ2v) is 4.89. The van der Waals surface area contributed by atoms with E-state index in [0.717, 1.165) is 22.5 Å². The first kappa shape index (κ1) is 13.3. The third-order valence-electron chi connectivity index (χ3n) is 3.48. The summed E-state index contributed by atoms with van der Waals surface area (Å²) in [6.45, 7) is 8.43. The minimum absolute atomic E-state index is 0.0527. The van der Waals surface area contributed by atoms with Gasteiger partial charge in [0, 0.05) is 23.4 Å². The van der Waals surface area contributed by atoms with E-state index in [1.165, 1.54) is 5.56 Å². The number of amides is 1. The van der Waals surface area contributed by atoms with Crippen LogP contribution in [0.15, 0.2) is 18.2 Å². The number of hydrogen-bond acceptors (Lipinski definition) is 2. The maximum Gasteiger partial charge on any atom is 0.251 e. The second kappa shape index (κ2) is 5.26. The van der Waals surface area contributed by atoms with Crippen LogP contribution in [0.25, 0.3) is 0 Å². The van der Waals surface area contributed by atoms with E-state index in [0.29, 0.717) is 12.1 Å².